The van der Waals surface area contributed by atoms with Gasteiger partial charge in [-0.2, -0.15) is 0 Å². The zero-order chi connectivity index (χ0) is 51.6. The van der Waals surface area contributed by atoms with E-state index in [4.69, 9.17) is 37.5 Å². The van der Waals surface area contributed by atoms with Gasteiger partial charge in [-0.15, -0.1) is 5.10 Å². The predicted octanol–water partition coefficient (Wildman–Crippen LogP) is 8.22. The van der Waals surface area contributed by atoms with Crippen LogP contribution in [0.15, 0.2) is 6.20 Å². The van der Waals surface area contributed by atoms with Gasteiger partial charge in [-0.05, 0) is 12.8 Å². The minimum absolute atomic E-state index is 0.0261. The molecule has 1 aromatic rings. The third-order valence-electron chi connectivity index (χ3n) is 12.5. The van der Waals surface area contributed by atoms with Crippen molar-refractivity contribution in [1.29, 1.82) is 0 Å². The molecule has 2 rings (SSSR count). The molecule has 20 heteroatoms. The highest BCUT2D eigenvalue weighted by molar-refractivity contribution is 7.47. The number of aromatic nitrogens is 3. The van der Waals surface area contributed by atoms with Crippen LogP contribution in [-0.4, -0.2) is 149 Å². The van der Waals surface area contributed by atoms with Gasteiger partial charge >= 0.3 is 19.8 Å². The van der Waals surface area contributed by atoms with E-state index < -0.39 is 69.8 Å². The van der Waals surface area contributed by atoms with Gasteiger partial charge in [0.15, 0.2) is 12.4 Å². The fourth-order valence-corrected chi connectivity index (χ4v) is 8.90. The van der Waals surface area contributed by atoms with E-state index in [2.05, 4.69) is 24.2 Å². The molecule has 1 saturated heterocycles. The normalized spacial score (nSPS) is 19.5. The minimum atomic E-state index is -4.59. The van der Waals surface area contributed by atoms with Crippen molar-refractivity contribution in [2.45, 2.75) is 243 Å². The van der Waals surface area contributed by atoms with Crippen LogP contribution in [0.25, 0.3) is 0 Å². The van der Waals surface area contributed by atoms with Crippen molar-refractivity contribution in [2.24, 2.45) is 0 Å². The molecule has 7 atom stereocenters. The fourth-order valence-electron chi connectivity index (χ4n) is 8.14. The minimum Gasteiger partial charge on any atom is -0.462 e. The van der Waals surface area contributed by atoms with Gasteiger partial charge < -0.3 is 53.7 Å². The van der Waals surface area contributed by atoms with E-state index in [1.807, 2.05) is 0 Å². The number of ether oxygens (including phenoxy) is 6. The first-order valence-electron chi connectivity index (χ1n) is 27.4. The summed E-state index contributed by atoms with van der Waals surface area (Å²) in [6.45, 7) is 4.27. The molecule has 0 saturated carbocycles. The second kappa shape index (κ2) is 43.1. The average Bonchev–Trinajstić information content (AvgIpc) is 3.81. The molecular weight excluding hydrogens is 942 g/mol. The molecule has 1 unspecified atom stereocenters. The zero-order valence-electron chi connectivity index (χ0n) is 43.6. The molecule has 1 fully saturated rings. The maximum atomic E-state index is 12.9. The number of aliphatic hydroxyl groups excluding tert-OH is 4. The summed E-state index contributed by atoms with van der Waals surface area (Å²) in [7, 11) is -4.59. The van der Waals surface area contributed by atoms with Crippen molar-refractivity contribution < 1.29 is 76.9 Å². The Hall–Kier alpha value is -2.13. The Balaban J connectivity index is 1.66. The molecule has 0 aromatic carbocycles. The maximum absolute atomic E-state index is 12.9. The lowest BCUT2D eigenvalue weighted by atomic mass is 9.99. The van der Waals surface area contributed by atoms with Crippen LogP contribution >= 0.6 is 7.82 Å². The van der Waals surface area contributed by atoms with Crippen LogP contribution < -0.4 is 0 Å². The predicted molar refractivity (Wildman–Crippen MR) is 268 cm³/mol. The van der Waals surface area contributed by atoms with Gasteiger partial charge in [0.05, 0.1) is 65.1 Å². The number of carbonyl (C=O) groups is 2. The van der Waals surface area contributed by atoms with Gasteiger partial charge in [-0.25, -0.2) is 9.25 Å². The topological polar surface area (TPSA) is 257 Å². The molecule has 2 heterocycles. The first-order chi connectivity index (χ1) is 34.5. The molecular formula is C51H96N3O16P. The van der Waals surface area contributed by atoms with Crippen LogP contribution in [0.5, 0.6) is 0 Å². The molecule has 0 aliphatic carbocycles. The van der Waals surface area contributed by atoms with Crippen molar-refractivity contribution in [3.63, 3.8) is 0 Å². The molecule has 5 N–H and O–H groups in total. The van der Waals surface area contributed by atoms with Crippen molar-refractivity contribution in [3.05, 3.63) is 11.9 Å². The SMILES string of the molecule is CCCCCCCCCCCCCCCC(=O)OC[C@H](COP(=O)(O)OCCc1cn(CCOCCOCCO[C@@H]2O[C@@H](CO)[C@H](O)[C@@H](O)[C@H]2O)nn1)OC(=O)CCCCCCCCCCCCCCC. The third-order valence-corrected chi connectivity index (χ3v) is 13.5. The Morgan fingerprint density at radius 2 is 1.13 bits per heavy atom. The van der Waals surface area contributed by atoms with Crippen LogP contribution in [0.4, 0.5) is 0 Å². The number of phosphoric acid groups is 1. The molecule has 1 aromatic heterocycles. The summed E-state index contributed by atoms with van der Waals surface area (Å²) < 4.78 is 57.6. The van der Waals surface area contributed by atoms with E-state index in [0.717, 1.165) is 38.5 Å². The second-order valence-electron chi connectivity index (χ2n) is 18.9. The Morgan fingerprint density at radius 1 is 0.634 bits per heavy atom. The molecule has 1 aliphatic rings. The summed E-state index contributed by atoms with van der Waals surface area (Å²) in [5, 5.41) is 47.1. The van der Waals surface area contributed by atoms with Crippen molar-refractivity contribution in [3.8, 4) is 0 Å². The molecule has 0 spiro atoms. The van der Waals surface area contributed by atoms with Gasteiger partial charge in [-0.3, -0.25) is 18.6 Å². The van der Waals surface area contributed by atoms with Gasteiger partial charge in [0.2, 0.25) is 0 Å². The maximum Gasteiger partial charge on any atom is 0.472 e. The lowest BCUT2D eigenvalue weighted by Crippen LogP contribution is -2.59. The van der Waals surface area contributed by atoms with Crippen molar-refractivity contribution >= 4 is 19.8 Å². The molecule has 1 aliphatic heterocycles. The lowest BCUT2D eigenvalue weighted by molar-refractivity contribution is -0.302. The lowest BCUT2D eigenvalue weighted by Gasteiger charge is -2.39. The van der Waals surface area contributed by atoms with E-state index in [-0.39, 0.29) is 58.9 Å². The highest BCUT2D eigenvalue weighted by atomic mass is 31.2. The van der Waals surface area contributed by atoms with Crippen LogP contribution in [0.3, 0.4) is 0 Å². The quantitative estimate of drug-likeness (QED) is 0.0234. The number of rotatable bonds is 49. The van der Waals surface area contributed by atoms with Crippen LogP contribution in [0.2, 0.25) is 0 Å². The first-order valence-corrected chi connectivity index (χ1v) is 28.9. The Labute approximate surface area is 425 Å². The number of hydrogen-bond donors (Lipinski definition) is 5. The van der Waals surface area contributed by atoms with Crippen molar-refractivity contribution in [2.75, 3.05) is 59.5 Å². The first kappa shape index (κ1) is 65.0. The van der Waals surface area contributed by atoms with Gasteiger partial charge in [0.1, 0.15) is 31.0 Å². The number of nitrogens with zero attached hydrogens (tertiary/aromatic N) is 3. The number of esters is 2. The van der Waals surface area contributed by atoms with Gasteiger partial charge in [-0.1, -0.05) is 173 Å². The number of aliphatic hydroxyl groups is 4. The highest BCUT2D eigenvalue weighted by Gasteiger charge is 2.44. The van der Waals surface area contributed by atoms with Crippen LogP contribution in [0, 0.1) is 0 Å². The molecule has 416 valence electrons. The van der Waals surface area contributed by atoms with E-state index in [0.29, 0.717) is 31.7 Å². The molecule has 19 nitrogen and oxygen atoms in total. The van der Waals surface area contributed by atoms with Gasteiger partial charge in [0, 0.05) is 25.5 Å². The summed E-state index contributed by atoms with van der Waals surface area (Å²) in [4.78, 5) is 36.0. The Morgan fingerprint density at radius 3 is 1.66 bits per heavy atom. The Kier molecular flexibility index (Phi) is 39.5. The zero-order valence-corrected chi connectivity index (χ0v) is 44.5. The highest BCUT2D eigenvalue weighted by Crippen LogP contribution is 2.43. The summed E-state index contributed by atoms with van der Waals surface area (Å²) in [6, 6.07) is 0. The number of phosphoric ester groups is 1. The average molecular weight is 1040 g/mol. The van der Waals surface area contributed by atoms with Crippen molar-refractivity contribution in [1.82, 2.24) is 15.0 Å². The van der Waals surface area contributed by atoms with E-state index in [1.54, 1.807) is 10.9 Å². The van der Waals surface area contributed by atoms with E-state index >= 15 is 0 Å². The number of unbranched alkanes of at least 4 members (excludes halogenated alkanes) is 24. The third kappa shape index (κ3) is 34.1. The number of carbonyl (C=O) groups excluding carboxylic acids is 2. The largest absolute Gasteiger partial charge is 0.472 e. The standard InChI is InChI=1S/C51H96N3O16P/c1-3-5-7-9-11-13-15-17-19-21-23-25-27-29-46(56)66-41-44(69-47(57)30-28-26-24-22-20-18-16-14-12-10-8-6-4-2)42-68-71(61,62)67-33-31-43-39-54(53-52-43)32-34-63-35-36-64-37-38-65-51-50(60)49(59)48(58)45(40-55)70-51/h39,44-45,48-51,55,58-60H,3-38,40-42H2,1-2H3,(H,61,62)/t44-,45+,48+,49-,50-,51-/m1/s1. The number of hydrogen-bond acceptors (Lipinski definition) is 17. The van der Waals surface area contributed by atoms with Gasteiger partial charge in [0.25, 0.3) is 0 Å². The Bertz CT molecular complexity index is 1480. The molecule has 0 radical (unpaired) electrons. The summed E-state index contributed by atoms with van der Waals surface area (Å²) in [6.07, 6.45) is 25.3. The molecule has 0 amide bonds. The second-order valence-corrected chi connectivity index (χ2v) is 20.3. The summed E-state index contributed by atoms with van der Waals surface area (Å²) in [5.41, 5.74) is 0.503. The monoisotopic (exact) mass is 1040 g/mol. The molecule has 71 heavy (non-hydrogen) atoms. The van der Waals surface area contributed by atoms with Crippen LogP contribution in [0.1, 0.15) is 199 Å². The van der Waals surface area contributed by atoms with Crippen LogP contribution in [-0.2, 0) is 64.6 Å². The fraction of sp³-hybridized carbons (Fsp3) is 0.922. The van der Waals surface area contributed by atoms with E-state index in [1.165, 1.54) is 116 Å². The summed E-state index contributed by atoms with van der Waals surface area (Å²) in [5.74, 6) is -0.901. The summed E-state index contributed by atoms with van der Waals surface area (Å²) >= 11 is 0. The van der Waals surface area contributed by atoms with E-state index in [9.17, 15) is 39.5 Å². The molecule has 0 bridgehead atoms. The smallest absolute Gasteiger partial charge is 0.462 e.